The lowest BCUT2D eigenvalue weighted by Crippen LogP contribution is -2.28. The number of fused-ring (bicyclic) bond motifs is 1. The fraction of sp³-hybridized carbons (Fsp3) is 0.241. The van der Waals surface area contributed by atoms with Crippen molar-refractivity contribution >= 4 is 16.8 Å². The van der Waals surface area contributed by atoms with Crippen molar-refractivity contribution in [1.82, 2.24) is 10.3 Å². The van der Waals surface area contributed by atoms with Crippen LogP contribution >= 0.6 is 0 Å². The van der Waals surface area contributed by atoms with Gasteiger partial charge in [0, 0.05) is 10.9 Å². The number of nitrogens with one attached hydrogen (secondary N) is 1. The van der Waals surface area contributed by atoms with Gasteiger partial charge in [-0.1, -0.05) is 93.6 Å². The quantitative estimate of drug-likeness (QED) is 0.349. The summed E-state index contributed by atoms with van der Waals surface area (Å²) in [7, 11) is 0. The van der Waals surface area contributed by atoms with E-state index in [9.17, 15) is 4.79 Å². The molecule has 3 nitrogen and oxygen atoms in total. The molecule has 3 aromatic carbocycles. The topological polar surface area (TPSA) is 42.0 Å². The van der Waals surface area contributed by atoms with Gasteiger partial charge in [0.15, 0.2) is 0 Å². The summed E-state index contributed by atoms with van der Waals surface area (Å²) < 4.78 is 0. The van der Waals surface area contributed by atoms with Gasteiger partial charge in [-0.15, -0.1) is 0 Å². The number of aromatic nitrogens is 1. The molecule has 1 amide bonds. The number of carbonyl (C=O) groups excluding carboxylic acids is 1. The van der Waals surface area contributed by atoms with Gasteiger partial charge < -0.3 is 5.32 Å². The molecule has 0 fully saturated rings. The number of para-hydroxylation sites is 1. The van der Waals surface area contributed by atoms with Gasteiger partial charge >= 0.3 is 0 Å². The van der Waals surface area contributed by atoms with Gasteiger partial charge in [0.25, 0.3) is 5.91 Å². The molecule has 0 spiro atoms. The van der Waals surface area contributed by atoms with Crippen LogP contribution in [0.1, 0.15) is 54.7 Å². The maximum absolute atomic E-state index is 13.4. The lowest BCUT2D eigenvalue weighted by Gasteiger charge is -2.18. The van der Waals surface area contributed by atoms with Crippen molar-refractivity contribution in [2.45, 2.75) is 39.7 Å². The van der Waals surface area contributed by atoms with Crippen molar-refractivity contribution in [2.24, 2.45) is 5.92 Å². The van der Waals surface area contributed by atoms with Gasteiger partial charge in [0.2, 0.25) is 0 Å². The van der Waals surface area contributed by atoms with E-state index >= 15 is 0 Å². The number of nitrogens with zero attached hydrogens (tertiary/aromatic N) is 1. The summed E-state index contributed by atoms with van der Waals surface area (Å²) in [5.74, 6) is 0.544. The van der Waals surface area contributed by atoms with Crippen molar-refractivity contribution in [2.75, 3.05) is 0 Å². The molecule has 1 N–H and O–H groups in total. The maximum atomic E-state index is 13.4. The van der Waals surface area contributed by atoms with Crippen LogP contribution in [-0.4, -0.2) is 10.9 Å². The van der Waals surface area contributed by atoms with Crippen LogP contribution in [0.2, 0.25) is 0 Å². The molecule has 0 radical (unpaired) electrons. The van der Waals surface area contributed by atoms with Crippen molar-refractivity contribution in [3.8, 4) is 11.3 Å². The molecule has 0 bridgehead atoms. The van der Waals surface area contributed by atoms with Gasteiger partial charge in [-0.05, 0) is 42.0 Å². The second-order valence-corrected chi connectivity index (χ2v) is 8.71. The second kappa shape index (κ2) is 9.78. The Morgan fingerprint density at radius 2 is 1.59 bits per heavy atom. The standard InChI is InChI=1S/C29H30N2O/c1-4-26(22-10-6-5-7-11-22)31-29(32)25-19-28(30-27-13-9-8-12-24(25)27)23-16-14-21(15-17-23)18-20(2)3/h5-17,19-20,26H,4,18H2,1-3H3,(H,31,32)/t26-/m0/s1. The summed E-state index contributed by atoms with van der Waals surface area (Å²) >= 11 is 0. The Labute approximate surface area is 190 Å². The van der Waals surface area contributed by atoms with Gasteiger partial charge in [0.05, 0.1) is 22.8 Å². The van der Waals surface area contributed by atoms with Crippen LogP contribution in [0.3, 0.4) is 0 Å². The van der Waals surface area contributed by atoms with Gasteiger partial charge in [-0.2, -0.15) is 0 Å². The molecule has 4 aromatic rings. The van der Waals surface area contributed by atoms with E-state index in [2.05, 4.69) is 62.5 Å². The number of rotatable bonds is 7. The fourth-order valence-electron chi connectivity index (χ4n) is 4.14. The number of hydrogen-bond donors (Lipinski definition) is 1. The van der Waals surface area contributed by atoms with E-state index in [1.807, 2.05) is 48.5 Å². The molecule has 0 saturated heterocycles. The van der Waals surface area contributed by atoms with E-state index in [4.69, 9.17) is 4.98 Å². The van der Waals surface area contributed by atoms with Gasteiger partial charge in [-0.3, -0.25) is 4.79 Å². The third-order valence-electron chi connectivity index (χ3n) is 5.77. The number of carbonyl (C=O) groups is 1. The Morgan fingerprint density at radius 3 is 2.28 bits per heavy atom. The highest BCUT2D eigenvalue weighted by molar-refractivity contribution is 6.07. The van der Waals surface area contributed by atoms with Crippen molar-refractivity contribution < 1.29 is 4.79 Å². The summed E-state index contributed by atoms with van der Waals surface area (Å²) in [6.07, 6.45) is 1.87. The highest BCUT2D eigenvalue weighted by Crippen LogP contribution is 2.27. The highest BCUT2D eigenvalue weighted by atomic mass is 16.1. The predicted octanol–water partition coefficient (Wildman–Crippen LogP) is 6.98. The van der Waals surface area contributed by atoms with Crippen molar-refractivity contribution in [3.63, 3.8) is 0 Å². The average Bonchev–Trinajstić information content (AvgIpc) is 2.82. The number of hydrogen-bond acceptors (Lipinski definition) is 2. The Bertz CT molecular complexity index is 1200. The molecule has 0 saturated carbocycles. The molecule has 4 rings (SSSR count). The Hall–Kier alpha value is -3.46. The summed E-state index contributed by atoms with van der Waals surface area (Å²) in [5, 5.41) is 4.10. The van der Waals surface area contributed by atoms with E-state index in [0.29, 0.717) is 11.5 Å². The number of pyridine rings is 1. The summed E-state index contributed by atoms with van der Waals surface area (Å²) in [5.41, 5.74) is 5.75. The number of benzene rings is 3. The first kappa shape index (κ1) is 21.8. The molecule has 0 unspecified atom stereocenters. The van der Waals surface area contributed by atoms with Crippen LogP contribution in [0.25, 0.3) is 22.2 Å². The Kier molecular flexibility index (Phi) is 6.65. The summed E-state index contributed by atoms with van der Waals surface area (Å²) in [6.45, 7) is 6.54. The van der Waals surface area contributed by atoms with E-state index in [0.717, 1.165) is 40.6 Å². The molecule has 0 aliphatic rings. The minimum Gasteiger partial charge on any atom is -0.345 e. The second-order valence-electron chi connectivity index (χ2n) is 8.71. The van der Waals surface area contributed by atoms with E-state index in [1.54, 1.807) is 0 Å². The van der Waals surface area contributed by atoms with Crippen LogP contribution in [-0.2, 0) is 6.42 Å². The monoisotopic (exact) mass is 422 g/mol. The molecule has 3 heteroatoms. The van der Waals surface area contributed by atoms with Gasteiger partial charge in [-0.25, -0.2) is 4.98 Å². The van der Waals surface area contributed by atoms with Crippen molar-refractivity contribution in [1.29, 1.82) is 0 Å². The molecule has 1 aromatic heterocycles. The molecule has 1 heterocycles. The lowest BCUT2D eigenvalue weighted by atomic mass is 9.99. The van der Waals surface area contributed by atoms with Crippen LogP contribution in [0.5, 0.6) is 0 Å². The first-order valence-corrected chi connectivity index (χ1v) is 11.4. The largest absolute Gasteiger partial charge is 0.345 e. The molecule has 32 heavy (non-hydrogen) atoms. The van der Waals surface area contributed by atoms with Crippen molar-refractivity contribution in [3.05, 3.63) is 102 Å². The zero-order valence-corrected chi connectivity index (χ0v) is 19.0. The van der Waals surface area contributed by atoms with Crippen LogP contribution in [0, 0.1) is 5.92 Å². The molecule has 1 atom stereocenters. The minimum atomic E-state index is -0.0722. The maximum Gasteiger partial charge on any atom is 0.252 e. The van der Waals surface area contributed by atoms with E-state index < -0.39 is 0 Å². The van der Waals surface area contributed by atoms with Crippen LogP contribution < -0.4 is 5.32 Å². The third-order valence-corrected chi connectivity index (χ3v) is 5.77. The minimum absolute atomic E-state index is 0.0330. The molecule has 0 aliphatic carbocycles. The van der Waals surface area contributed by atoms with Crippen LogP contribution in [0.4, 0.5) is 0 Å². The zero-order chi connectivity index (χ0) is 22.5. The van der Waals surface area contributed by atoms with E-state index in [1.165, 1.54) is 5.56 Å². The Morgan fingerprint density at radius 1 is 0.906 bits per heavy atom. The summed E-state index contributed by atoms with van der Waals surface area (Å²) in [4.78, 5) is 18.3. The first-order chi connectivity index (χ1) is 15.5. The number of amides is 1. The lowest BCUT2D eigenvalue weighted by molar-refractivity contribution is 0.0937. The van der Waals surface area contributed by atoms with E-state index in [-0.39, 0.29) is 11.9 Å². The normalized spacial score (nSPS) is 12.1. The fourth-order valence-corrected chi connectivity index (χ4v) is 4.14. The summed E-state index contributed by atoms with van der Waals surface area (Å²) in [6, 6.07) is 28.4. The SMILES string of the molecule is CC[C@H](NC(=O)c1cc(-c2ccc(CC(C)C)cc2)nc2ccccc12)c1ccccc1. The van der Waals surface area contributed by atoms with Crippen LogP contribution in [0.15, 0.2) is 84.9 Å². The molecule has 162 valence electrons. The Balaban J connectivity index is 1.70. The average molecular weight is 423 g/mol. The predicted molar refractivity (Wildman–Crippen MR) is 133 cm³/mol. The van der Waals surface area contributed by atoms with Gasteiger partial charge in [0.1, 0.15) is 0 Å². The molecular formula is C29H30N2O. The molecular weight excluding hydrogens is 392 g/mol. The first-order valence-electron chi connectivity index (χ1n) is 11.4. The third kappa shape index (κ3) is 4.88. The highest BCUT2D eigenvalue weighted by Gasteiger charge is 2.18. The zero-order valence-electron chi connectivity index (χ0n) is 19.0. The molecule has 0 aliphatic heterocycles. The smallest absolute Gasteiger partial charge is 0.252 e.